The minimum absolute atomic E-state index is 0.0736. The molecule has 0 heterocycles. The summed E-state index contributed by atoms with van der Waals surface area (Å²) in [6.07, 6.45) is 10.7. The molecule has 0 saturated heterocycles. The molecule has 150 valence electrons. The molecule has 5 heteroatoms. The van der Waals surface area contributed by atoms with Gasteiger partial charge in [-0.2, -0.15) is 0 Å². The third-order valence-corrected chi connectivity index (χ3v) is 7.53. The van der Waals surface area contributed by atoms with Gasteiger partial charge in [-0.3, -0.25) is 10.1 Å². The van der Waals surface area contributed by atoms with Crippen molar-refractivity contribution in [1.29, 1.82) is 0 Å². The molecule has 1 unspecified atom stereocenters. The van der Waals surface area contributed by atoms with Crippen molar-refractivity contribution in [2.45, 2.75) is 76.3 Å². The van der Waals surface area contributed by atoms with Gasteiger partial charge in [0.25, 0.3) is 0 Å². The van der Waals surface area contributed by atoms with Crippen LogP contribution in [0.3, 0.4) is 0 Å². The smallest absolute Gasteiger partial charge is 0.321 e. The third-order valence-electron chi connectivity index (χ3n) is 7.53. The fourth-order valence-electron chi connectivity index (χ4n) is 6.73. The first-order chi connectivity index (χ1) is 13.5. The van der Waals surface area contributed by atoms with E-state index in [4.69, 9.17) is 0 Å². The van der Waals surface area contributed by atoms with Gasteiger partial charge in [0.15, 0.2) is 0 Å². The molecular formula is C23H31N3O2. The maximum absolute atomic E-state index is 12.6. The monoisotopic (exact) mass is 381 g/mol. The van der Waals surface area contributed by atoms with Crippen molar-refractivity contribution < 1.29 is 9.59 Å². The quantitative estimate of drug-likeness (QED) is 0.743. The number of hydrogen-bond acceptors (Lipinski definition) is 3. The van der Waals surface area contributed by atoms with Crippen LogP contribution in [0.2, 0.25) is 0 Å². The van der Waals surface area contributed by atoms with Crippen LogP contribution in [-0.2, 0) is 17.6 Å². The van der Waals surface area contributed by atoms with Crippen molar-refractivity contribution in [3.8, 4) is 0 Å². The molecule has 3 amide bonds. The molecule has 0 aromatic heterocycles. The summed E-state index contributed by atoms with van der Waals surface area (Å²) in [7, 11) is 0. The van der Waals surface area contributed by atoms with Crippen LogP contribution in [0.15, 0.2) is 18.2 Å². The van der Waals surface area contributed by atoms with Crippen LogP contribution >= 0.6 is 0 Å². The fraction of sp³-hybridized carbons (Fsp3) is 0.652. The highest BCUT2D eigenvalue weighted by Gasteiger charge is 2.51. The molecular weight excluding hydrogens is 350 g/mol. The van der Waals surface area contributed by atoms with E-state index >= 15 is 0 Å². The zero-order valence-corrected chi connectivity index (χ0v) is 16.7. The number of rotatable bonds is 4. The van der Waals surface area contributed by atoms with Gasteiger partial charge < -0.3 is 10.6 Å². The predicted octanol–water partition coefficient (Wildman–Crippen LogP) is 3.77. The summed E-state index contributed by atoms with van der Waals surface area (Å²) in [4.78, 5) is 25.1. The molecule has 5 nitrogen and oxygen atoms in total. The average molecular weight is 382 g/mol. The lowest BCUT2D eigenvalue weighted by atomic mass is 9.53. The lowest BCUT2D eigenvalue weighted by Crippen LogP contribution is -2.62. The summed E-state index contributed by atoms with van der Waals surface area (Å²) in [6.45, 7) is 1.81. The van der Waals surface area contributed by atoms with Crippen molar-refractivity contribution >= 4 is 17.6 Å². The molecule has 1 aromatic rings. The average Bonchev–Trinajstić information content (AvgIpc) is 3.07. The zero-order chi connectivity index (χ0) is 19.3. The molecule has 3 N–H and O–H groups in total. The Morgan fingerprint density at radius 2 is 1.64 bits per heavy atom. The number of nitrogens with one attached hydrogen (secondary N) is 3. The van der Waals surface area contributed by atoms with Gasteiger partial charge in [0.2, 0.25) is 5.91 Å². The minimum atomic E-state index is -0.457. The number of carbonyl (C=O) groups excluding carboxylic acids is 2. The Bertz CT molecular complexity index is 768. The van der Waals surface area contributed by atoms with E-state index in [9.17, 15) is 9.59 Å². The number of aryl methyl sites for hydroxylation is 2. The summed E-state index contributed by atoms with van der Waals surface area (Å²) in [5.74, 6) is 2.02. The molecule has 1 atom stereocenters. The van der Waals surface area contributed by atoms with Crippen molar-refractivity contribution in [3.05, 3.63) is 29.3 Å². The first kappa shape index (κ1) is 18.0. The van der Waals surface area contributed by atoms with E-state index in [0.717, 1.165) is 55.5 Å². The number of benzene rings is 1. The number of imide groups is 1. The van der Waals surface area contributed by atoms with Crippen LogP contribution in [-0.4, -0.2) is 23.5 Å². The van der Waals surface area contributed by atoms with Gasteiger partial charge in [-0.05, 0) is 106 Å². The van der Waals surface area contributed by atoms with E-state index in [1.807, 2.05) is 6.07 Å². The van der Waals surface area contributed by atoms with Crippen molar-refractivity contribution in [3.63, 3.8) is 0 Å². The largest absolute Gasteiger partial charge is 0.374 e. The predicted molar refractivity (Wildman–Crippen MR) is 109 cm³/mol. The Kier molecular flexibility index (Phi) is 4.37. The number of anilines is 1. The fourth-order valence-corrected chi connectivity index (χ4v) is 6.73. The second kappa shape index (κ2) is 6.78. The van der Waals surface area contributed by atoms with Gasteiger partial charge in [-0.25, -0.2) is 4.79 Å². The molecule has 4 fully saturated rings. The number of urea groups is 1. The van der Waals surface area contributed by atoms with E-state index in [-0.39, 0.29) is 17.5 Å². The van der Waals surface area contributed by atoms with E-state index in [1.54, 1.807) is 6.92 Å². The van der Waals surface area contributed by atoms with E-state index in [1.165, 1.54) is 36.8 Å². The molecule has 28 heavy (non-hydrogen) atoms. The van der Waals surface area contributed by atoms with E-state index < -0.39 is 6.04 Å². The summed E-state index contributed by atoms with van der Waals surface area (Å²) in [5.41, 5.74) is 3.66. The first-order valence-corrected chi connectivity index (χ1v) is 11.0. The molecule has 0 spiro atoms. The Morgan fingerprint density at radius 1 is 1.00 bits per heavy atom. The van der Waals surface area contributed by atoms with Crippen molar-refractivity contribution in [2.24, 2.45) is 17.8 Å². The minimum Gasteiger partial charge on any atom is -0.374 e. The molecule has 5 aliphatic carbocycles. The summed E-state index contributed by atoms with van der Waals surface area (Å²) in [5, 5.41) is 9.03. The maximum atomic E-state index is 12.6. The van der Waals surface area contributed by atoms with Crippen LogP contribution in [0.5, 0.6) is 0 Å². The van der Waals surface area contributed by atoms with Gasteiger partial charge in [0.05, 0.1) is 0 Å². The second-order valence-electron chi connectivity index (χ2n) is 9.84. The summed E-state index contributed by atoms with van der Waals surface area (Å²) >= 11 is 0. The highest BCUT2D eigenvalue weighted by atomic mass is 16.2. The van der Waals surface area contributed by atoms with Gasteiger partial charge in [0, 0.05) is 11.2 Å². The molecule has 0 radical (unpaired) electrons. The lowest BCUT2D eigenvalue weighted by molar-refractivity contribution is -0.120. The topological polar surface area (TPSA) is 70.2 Å². The molecule has 4 bridgehead atoms. The summed E-state index contributed by atoms with van der Waals surface area (Å²) in [6, 6.07) is 5.54. The Morgan fingerprint density at radius 3 is 2.32 bits per heavy atom. The van der Waals surface area contributed by atoms with Crippen LogP contribution < -0.4 is 16.0 Å². The van der Waals surface area contributed by atoms with Crippen LogP contribution in [0.1, 0.15) is 63.0 Å². The van der Waals surface area contributed by atoms with Gasteiger partial charge >= 0.3 is 6.03 Å². The van der Waals surface area contributed by atoms with Crippen LogP contribution in [0.25, 0.3) is 0 Å². The number of amides is 3. The maximum Gasteiger partial charge on any atom is 0.321 e. The number of fused-ring (bicyclic) bond motifs is 1. The van der Waals surface area contributed by atoms with Crippen LogP contribution in [0.4, 0.5) is 10.5 Å². The zero-order valence-electron chi connectivity index (χ0n) is 16.7. The van der Waals surface area contributed by atoms with Crippen LogP contribution in [0, 0.1) is 17.8 Å². The molecule has 1 aromatic carbocycles. The highest BCUT2D eigenvalue weighted by molar-refractivity contribution is 5.98. The van der Waals surface area contributed by atoms with Gasteiger partial charge in [-0.15, -0.1) is 0 Å². The number of carbonyl (C=O) groups is 2. The lowest BCUT2D eigenvalue weighted by Gasteiger charge is -2.56. The second-order valence-corrected chi connectivity index (χ2v) is 9.84. The van der Waals surface area contributed by atoms with Crippen molar-refractivity contribution in [1.82, 2.24) is 10.6 Å². The Labute approximate surface area is 167 Å². The number of hydrogen-bond donors (Lipinski definition) is 3. The van der Waals surface area contributed by atoms with Crippen molar-refractivity contribution in [2.75, 3.05) is 5.32 Å². The molecule has 6 rings (SSSR count). The highest BCUT2D eigenvalue weighted by Crippen LogP contribution is 2.55. The SMILES string of the molecule is CC(Nc1ccc2c(c1)CCC2)C(=O)NC(=O)NC12CC3CC(CC(C3)C1)C2. The Hall–Kier alpha value is -2.04. The standard InChI is InChI=1S/C23H31N3O2/c1-14(24-20-6-5-18-3-2-4-19(18)10-20)21(27)25-22(28)26-23-11-15-7-16(12-23)9-17(8-15)13-23/h5-6,10,14-17,24H,2-4,7-9,11-13H2,1H3,(H2,25,26,27,28). The molecule has 5 aliphatic rings. The van der Waals surface area contributed by atoms with E-state index in [0.29, 0.717) is 0 Å². The normalized spacial score (nSPS) is 33.2. The first-order valence-electron chi connectivity index (χ1n) is 11.0. The van der Waals surface area contributed by atoms with Gasteiger partial charge in [-0.1, -0.05) is 6.07 Å². The molecule has 0 aliphatic heterocycles. The van der Waals surface area contributed by atoms with Gasteiger partial charge in [0.1, 0.15) is 6.04 Å². The van der Waals surface area contributed by atoms with E-state index in [2.05, 4.69) is 28.1 Å². The Balaban J connectivity index is 1.17. The third kappa shape index (κ3) is 3.40. The molecule has 4 saturated carbocycles. The summed E-state index contributed by atoms with van der Waals surface area (Å²) < 4.78 is 0.